The molecule has 0 radical (unpaired) electrons. The summed E-state index contributed by atoms with van der Waals surface area (Å²) in [4.78, 5) is 15.5. The largest absolute Gasteiger partial charge is 0.481 e. The predicted octanol–water partition coefficient (Wildman–Crippen LogP) is 3.70. The second-order valence-electron chi connectivity index (χ2n) is 6.10. The van der Waals surface area contributed by atoms with Crippen LogP contribution in [0.5, 0.6) is 5.88 Å². The third kappa shape index (κ3) is 3.72. The molecule has 7 heteroatoms. The summed E-state index contributed by atoms with van der Waals surface area (Å²) in [5.41, 5.74) is 3.28. The van der Waals surface area contributed by atoms with Gasteiger partial charge in [-0.1, -0.05) is 12.1 Å². The molecule has 0 spiro atoms. The average Bonchev–Trinajstić information content (AvgIpc) is 3.11. The normalized spacial score (nSPS) is 10.9. The van der Waals surface area contributed by atoms with E-state index in [9.17, 15) is 4.39 Å². The Morgan fingerprint density at radius 1 is 1.11 bits per heavy atom. The van der Waals surface area contributed by atoms with Crippen molar-refractivity contribution < 1.29 is 9.13 Å². The molecular formula is C20H18FN5O. The van der Waals surface area contributed by atoms with E-state index in [-0.39, 0.29) is 0 Å². The molecule has 4 rings (SSSR count). The summed E-state index contributed by atoms with van der Waals surface area (Å²) in [6.45, 7) is 0.497. The highest BCUT2D eigenvalue weighted by atomic mass is 19.1. The van der Waals surface area contributed by atoms with Gasteiger partial charge in [-0.05, 0) is 29.3 Å². The van der Waals surface area contributed by atoms with Crippen LogP contribution in [0.15, 0.2) is 55.0 Å². The van der Waals surface area contributed by atoms with Crippen molar-refractivity contribution in [2.75, 3.05) is 12.4 Å². The molecule has 0 aliphatic heterocycles. The highest BCUT2D eigenvalue weighted by Crippen LogP contribution is 2.21. The van der Waals surface area contributed by atoms with Gasteiger partial charge in [0.2, 0.25) is 11.8 Å². The van der Waals surface area contributed by atoms with Crippen molar-refractivity contribution in [1.82, 2.24) is 19.9 Å². The van der Waals surface area contributed by atoms with Crippen molar-refractivity contribution in [1.29, 1.82) is 0 Å². The highest BCUT2D eigenvalue weighted by Gasteiger charge is 2.10. The number of fused-ring (bicyclic) bond motifs is 1. The van der Waals surface area contributed by atoms with Gasteiger partial charge in [0.1, 0.15) is 11.5 Å². The Bertz CT molecular complexity index is 1060. The number of pyridine rings is 3. The van der Waals surface area contributed by atoms with Crippen molar-refractivity contribution in [3.05, 3.63) is 77.6 Å². The van der Waals surface area contributed by atoms with Crippen LogP contribution >= 0.6 is 0 Å². The first-order chi connectivity index (χ1) is 13.2. The minimum atomic E-state index is -0.480. The van der Waals surface area contributed by atoms with Crippen molar-refractivity contribution >= 4 is 16.9 Å². The Morgan fingerprint density at radius 2 is 2.04 bits per heavy atom. The lowest BCUT2D eigenvalue weighted by Gasteiger charge is -2.08. The average molecular weight is 363 g/mol. The van der Waals surface area contributed by atoms with Crippen molar-refractivity contribution in [2.24, 2.45) is 0 Å². The number of hydrogen-bond donors (Lipinski definition) is 2. The molecule has 0 aliphatic carbocycles. The molecule has 136 valence electrons. The predicted molar refractivity (Wildman–Crippen MR) is 101 cm³/mol. The number of hydrogen-bond acceptors (Lipinski definition) is 5. The van der Waals surface area contributed by atoms with Gasteiger partial charge in [-0.3, -0.25) is 0 Å². The van der Waals surface area contributed by atoms with Gasteiger partial charge >= 0.3 is 0 Å². The Morgan fingerprint density at radius 3 is 2.81 bits per heavy atom. The molecular weight excluding hydrogens is 345 g/mol. The maximum atomic E-state index is 14.5. The van der Waals surface area contributed by atoms with Crippen LogP contribution in [-0.2, 0) is 13.0 Å². The molecule has 0 aromatic carbocycles. The standard InChI is InChI=1S/C20H18FN5O/c1-27-18-7-4-13(11-24-18)10-23-17-6-5-14(19(21)26-17)9-15-12-25-20-16(15)3-2-8-22-20/h2-8,11-12H,9-10H2,1H3,(H,22,25)(H,23,26). The van der Waals surface area contributed by atoms with Crippen LogP contribution in [0.1, 0.15) is 16.7 Å². The summed E-state index contributed by atoms with van der Waals surface area (Å²) in [6, 6.07) is 11.1. The van der Waals surface area contributed by atoms with Gasteiger partial charge in [-0.25, -0.2) is 15.0 Å². The van der Waals surface area contributed by atoms with E-state index in [2.05, 4.69) is 25.3 Å². The fourth-order valence-corrected chi connectivity index (χ4v) is 2.89. The van der Waals surface area contributed by atoms with Gasteiger partial charge in [0.15, 0.2) is 0 Å². The molecule has 4 aromatic heterocycles. The van der Waals surface area contributed by atoms with Crippen LogP contribution in [0.3, 0.4) is 0 Å². The second-order valence-corrected chi connectivity index (χ2v) is 6.10. The number of methoxy groups -OCH3 is 1. The zero-order valence-corrected chi connectivity index (χ0v) is 14.7. The lowest BCUT2D eigenvalue weighted by molar-refractivity contribution is 0.397. The fraction of sp³-hybridized carbons (Fsp3) is 0.150. The minimum absolute atomic E-state index is 0.452. The molecule has 27 heavy (non-hydrogen) atoms. The summed E-state index contributed by atoms with van der Waals surface area (Å²) in [5.74, 6) is 0.554. The first kappa shape index (κ1) is 17.0. The van der Waals surface area contributed by atoms with Crippen LogP contribution in [0.4, 0.5) is 10.2 Å². The Balaban J connectivity index is 1.45. The van der Waals surface area contributed by atoms with Gasteiger partial charge in [0, 0.05) is 48.6 Å². The van der Waals surface area contributed by atoms with Crippen LogP contribution in [0.25, 0.3) is 11.0 Å². The first-order valence-electron chi connectivity index (χ1n) is 8.52. The summed E-state index contributed by atoms with van der Waals surface area (Å²) in [6.07, 6.45) is 5.75. The Kier molecular flexibility index (Phi) is 4.65. The van der Waals surface area contributed by atoms with Gasteiger partial charge in [0.25, 0.3) is 0 Å². The molecule has 0 atom stereocenters. The molecule has 2 N–H and O–H groups in total. The number of nitrogens with one attached hydrogen (secondary N) is 2. The topological polar surface area (TPSA) is 75.7 Å². The maximum absolute atomic E-state index is 14.5. The number of H-pyrrole nitrogens is 1. The van der Waals surface area contributed by atoms with Crippen molar-refractivity contribution in [3.8, 4) is 5.88 Å². The minimum Gasteiger partial charge on any atom is -0.481 e. The van der Waals surface area contributed by atoms with Crippen LogP contribution < -0.4 is 10.1 Å². The van der Waals surface area contributed by atoms with E-state index in [1.807, 2.05) is 24.4 Å². The molecule has 0 aliphatic rings. The smallest absolute Gasteiger partial charge is 0.218 e. The summed E-state index contributed by atoms with van der Waals surface area (Å²) >= 11 is 0. The zero-order chi connectivity index (χ0) is 18.6. The fourth-order valence-electron chi connectivity index (χ4n) is 2.89. The van der Waals surface area contributed by atoms with Gasteiger partial charge in [-0.2, -0.15) is 4.39 Å². The number of nitrogens with zero attached hydrogens (tertiary/aromatic N) is 3. The molecule has 0 fully saturated rings. The quantitative estimate of drug-likeness (QED) is 0.511. The SMILES string of the molecule is COc1ccc(CNc2ccc(Cc3c[nH]c4ncccc34)c(F)n2)cn1. The number of halogens is 1. The maximum Gasteiger partial charge on any atom is 0.218 e. The number of rotatable bonds is 6. The molecule has 0 unspecified atom stereocenters. The van der Waals surface area contributed by atoms with Gasteiger partial charge in [0.05, 0.1) is 7.11 Å². The van der Waals surface area contributed by atoms with Crippen LogP contribution in [-0.4, -0.2) is 27.0 Å². The van der Waals surface area contributed by atoms with Crippen LogP contribution in [0.2, 0.25) is 0 Å². The molecule has 4 aromatic rings. The van der Waals surface area contributed by atoms with Gasteiger partial charge in [-0.15, -0.1) is 0 Å². The summed E-state index contributed by atoms with van der Waals surface area (Å²) in [5, 5.41) is 4.10. The third-order valence-electron chi connectivity index (χ3n) is 4.32. The van der Waals surface area contributed by atoms with Crippen molar-refractivity contribution in [3.63, 3.8) is 0 Å². The molecule has 0 saturated heterocycles. The summed E-state index contributed by atoms with van der Waals surface area (Å²) < 4.78 is 19.5. The highest BCUT2D eigenvalue weighted by molar-refractivity contribution is 5.79. The van der Waals surface area contributed by atoms with E-state index in [0.717, 1.165) is 22.2 Å². The zero-order valence-electron chi connectivity index (χ0n) is 14.7. The van der Waals surface area contributed by atoms with Crippen LogP contribution in [0, 0.1) is 5.95 Å². The van der Waals surface area contributed by atoms with E-state index < -0.39 is 5.95 Å². The molecule has 0 saturated carbocycles. The lowest BCUT2D eigenvalue weighted by atomic mass is 10.1. The Labute approximate surface area is 155 Å². The van der Waals surface area contributed by atoms with E-state index in [1.165, 1.54) is 0 Å². The molecule has 6 nitrogen and oxygen atoms in total. The molecule has 4 heterocycles. The van der Waals surface area contributed by atoms with E-state index in [4.69, 9.17) is 4.74 Å². The number of aromatic nitrogens is 4. The molecule has 0 amide bonds. The summed E-state index contributed by atoms with van der Waals surface area (Å²) in [7, 11) is 1.57. The second kappa shape index (κ2) is 7.41. The Hall–Kier alpha value is -3.48. The van der Waals surface area contributed by atoms with Crippen molar-refractivity contribution in [2.45, 2.75) is 13.0 Å². The number of aromatic amines is 1. The lowest BCUT2D eigenvalue weighted by Crippen LogP contribution is -2.04. The third-order valence-corrected chi connectivity index (χ3v) is 4.32. The molecule has 0 bridgehead atoms. The van der Waals surface area contributed by atoms with E-state index in [0.29, 0.717) is 30.2 Å². The van der Waals surface area contributed by atoms with E-state index >= 15 is 0 Å². The van der Waals surface area contributed by atoms with E-state index in [1.54, 1.807) is 37.7 Å². The van der Waals surface area contributed by atoms with Gasteiger partial charge < -0.3 is 15.0 Å². The first-order valence-corrected chi connectivity index (χ1v) is 8.52. The number of ether oxygens (including phenoxy) is 1. The number of anilines is 1. The monoisotopic (exact) mass is 363 g/mol.